The molecule has 2 aromatic heterocycles. The van der Waals surface area contributed by atoms with E-state index in [1.54, 1.807) is 0 Å². The van der Waals surface area contributed by atoms with Gasteiger partial charge in [-0.25, -0.2) is 0 Å². The molecule has 0 saturated heterocycles. The van der Waals surface area contributed by atoms with Crippen LogP contribution in [0.15, 0.2) is 121 Å². The SMILES string of the molecule is Cc1cc2c3c4c1c1ccccc1n4-c1ccccc1B3c1ccc(-c3ccccc3)c3c4ccccc4n-2c13. The Morgan fingerprint density at radius 3 is 1.98 bits per heavy atom. The van der Waals surface area contributed by atoms with E-state index in [1.807, 2.05) is 0 Å². The second-order valence-electron chi connectivity index (χ2n) is 11.3. The molecule has 0 amide bonds. The monoisotopic (exact) mass is 506 g/mol. The highest BCUT2D eigenvalue weighted by Crippen LogP contribution is 2.43. The van der Waals surface area contributed by atoms with Crippen molar-refractivity contribution >= 4 is 66.7 Å². The summed E-state index contributed by atoms with van der Waals surface area (Å²) in [5.74, 6) is 0. The zero-order valence-corrected chi connectivity index (χ0v) is 22.0. The first-order chi connectivity index (χ1) is 19.8. The quantitative estimate of drug-likeness (QED) is 0.212. The molecule has 0 fully saturated rings. The number of rotatable bonds is 1. The molecule has 2 aliphatic heterocycles. The van der Waals surface area contributed by atoms with Crippen molar-refractivity contribution in [3.63, 3.8) is 0 Å². The van der Waals surface area contributed by atoms with E-state index >= 15 is 0 Å². The van der Waals surface area contributed by atoms with Crippen molar-refractivity contribution in [2.45, 2.75) is 6.92 Å². The van der Waals surface area contributed by atoms with Crippen molar-refractivity contribution in [1.29, 1.82) is 0 Å². The lowest BCUT2D eigenvalue weighted by Gasteiger charge is -2.33. The lowest BCUT2D eigenvalue weighted by molar-refractivity contribution is 1.15. The molecule has 3 heteroatoms. The highest BCUT2D eigenvalue weighted by Gasteiger charge is 2.41. The maximum Gasteiger partial charge on any atom is 0.252 e. The van der Waals surface area contributed by atoms with Gasteiger partial charge in [-0.3, -0.25) is 0 Å². The maximum absolute atomic E-state index is 2.57. The minimum Gasteiger partial charge on any atom is -0.310 e. The molecule has 40 heavy (non-hydrogen) atoms. The Morgan fingerprint density at radius 1 is 0.525 bits per heavy atom. The Labute approximate surface area is 231 Å². The van der Waals surface area contributed by atoms with Crippen LogP contribution in [0.4, 0.5) is 0 Å². The molecular formula is C37H23BN2. The molecule has 0 unspecified atom stereocenters. The Morgan fingerprint density at radius 2 is 1.18 bits per heavy atom. The zero-order valence-electron chi connectivity index (χ0n) is 22.0. The van der Waals surface area contributed by atoms with Gasteiger partial charge in [0.2, 0.25) is 0 Å². The third-order valence-electron chi connectivity index (χ3n) is 9.41. The maximum atomic E-state index is 2.57. The molecule has 0 spiro atoms. The summed E-state index contributed by atoms with van der Waals surface area (Å²) in [5.41, 5.74) is 16.0. The Bertz CT molecular complexity index is 2390. The Balaban J connectivity index is 1.49. The molecule has 2 aliphatic rings. The number of fused-ring (bicyclic) bond motifs is 11. The standard InChI is InChI=1S/C37H23BN2/c1-22-21-32-35-37-33(22)25-13-5-8-16-29(25)39(37)31-18-10-7-15-27(31)38(35)28-20-19-24(23-11-3-2-4-12-23)34-26-14-6-9-17-30(26)40(32)36(28)34/h2-21H,1H3. The minimum atomic E-state index is 0.176. The molecule has 0 saturated carbocycles. The third-order valence-corrected chi connectivity index (χ3v) is 9.41. The molecule has 6 aromatic carbocycles. The molecule has 0 N–H and O–H groups in total. The lowest BCUT2D eigenvalue weighted by atomic mass is 9.34. The van der Waals surface area contributed by atoms with Crippen molar-refractivity contribution in [3.8, 4) is 22.5 Å². The van der Waals surface area contributed by atoms with Crippen LogP contribution < -0.4 is 16.4 Å². The number of hydrogen-bond donors (Lipinski definition) is 0. The number of benzene rings is 6. The van der Waals surface area contributed by atoms with E-state index in [1.165, 1.54) is 88.1 Å². The topological polar surface area (TPSA) is 9.86 Å². The van der Waals surface area contributed by atoms with Gasteiger partial charge in [-0.1, -0.05) is 97.1 Å². The molecule has 10 rings (SSSR count). The second-order valence-corrected chi connectivity index (χ2v) is 11.3. The average molecular weight is 506 g/mol. The van der Waals surface area contributed by atoms with Gasteiger partial charge in [0.15, 0.2) is 0 Å². The summed E-state index contributed by atoms with van der Waals surface area (Å²) in [6.45, 7) is 2.47. The highest BCUT2D eigenvalue weighted by atomic mass is 15.0. The molecule has 0 aliphatic carbocycles. The van der Waals surface area contributed by atoms with Gasteiger partial charge in [0.25, 0.3) is 6.71 Å². The van der Waals surface area contributed by atoms with Crippen LogP contribution in [-0.4, -0.2) is 15.8 Å². The van der Waals surface area contributed by atoms with Gasteiger partial charge in [-0.2, -0.15) is 0 Å². The van der Waals surface area contributed by atoms with Gasteiger partial charge in [0.1, 0.15) is 0 Å². The van der Waals surface area contributed by atoms with Crippen molar-refractivity contribution < 1.29 is 0 Å². The summed E-state index contributed by atoms with van der Waals surface area (Å²) >= 11 is 0. The van der Waals surface area contributed by atoms with Crippen LogP contribution in [0.3, 0.4) is 0 Å². The smallest absolute Gasteiger partial charge is 0.252 e. The van der Waals surface area contributed by atoms with E-state index in [0.717, 1.165) is 0 Å². The van der Waals surface area contributed by atoms with Crippen LogP contribution in [0.25, 0.3) is 66.1 Å². The average Bonchev–Trinajstić information content (AvgIpc) is 3.54. The first kappa shape index (κ1) is 20.9. The van der Waals surface area contributed by atoms with Crippen molar-refractivity contribution in [3.05, 3.63) is 127 Å². The molecule has 2 nitrogen and oxygen atoms in total. The van der Waals surface area contributed by atoms with E-state index in [4.69, 9.17) is 0 Å². The zero-order chi connectivity index (χ0) is 26.1. The molecule has 0 atom stereocenters. The molecule has 8 aromatic rings. The van der Waals surface area contributed by atoms with Crippen molar-refractivity contribution in [1.82, 2.24) is 9.13 Å². The number of para-hydroxylation sites is 3. The summed E-state index contributed by atoms with van der Waals surface area (Å²) in [6.07, 6.45) is 0. The molecule has 0 bridgehead atoms. The minimum absolute atomic E-state index is 0.176. The van der Waals surface area contributed by atoms with Crippen LogP contribution in [-0.2, 0) is 0 Å². The van der Waals surface area contributed by atoms with Crippen LogP contribution in [0, 0.1) is 6.92 Å². The summed E-state index contributed by atoms with van der Waals surface area (Å²) in [4.78, 5) is 0. The number of hydrogen-bond acceptors (Lipinski definition) is 0. The fourth-order valence-electron chi connectivity index (χ4n) is 7.97. The largest absolute Gasteiger partial charge is 0.310 e. The van der Waals surface area contributed by atoms with E-state index < -0.39 is 0 Å². The Hall–Kier alpha value is -5.02. The van der Waals surface area contributed by atoms with Crippen molar-refractivity contribution in [2.75, 3.05) is 0 Å². The summed E-state index contributed by atoms with van der Waals surface area (Å²) in [6, 6.07) is 45.1. The van der Waals surface area contributed by atoms with E-state index in [-0.39, 0.29) is 6.71 Å². The van der Waals surface area contributed by atoms with E-state index in [9.17, 15) is 0 Å². The van der Waals surface area contributed by atoms with Gasteiger partial charge < -0.3 is 9.13 Å². The molecule has 184 valence electrons. The van der Waals surface area contributed by atoms with E-state index in [2.05, 4.69) is 137 Å². The van der Waals surface area contributed by atoms with Crippen LogP contribution in [0.2, 0.25) is 0 Å². The van der Waals surface area contributed by atoms with Crippen molar-refractivity contribution in [2.24, 2.45) is 0 Å². The predicted octanol–water partition coefficient (Wildman–Crippen LogP) is 7.00. The normalized spacial score (nSPS) is 13.1. The predicted molar refractivity (Wildman–Crippen MR) is 170 cm³/mol. The fourth-order valence-corrected chi connectivity index (χ4v) is 7.97. The Kier molecular flexibility index (Phi) is 3.73. The van der Waals surface area contributed by atoms with Gasteiger partial charge in [0.05, 0.1) is 16.6 Å². The molecule has 4 heterocycles. The van der Waals surface area contributed by atoms with Crippen LogP contribution >= 0.6 is 0 Å². The number of aromatic nitrogens is 2. The first-order valence-corrected chi connectivity index (χ1v) is 14.1. The third kappa shape index (κ3) is 2.31. The van der Waals surface area contributed by atoms with Gasteiger partial charge in [-0.15, -0.1) is 0 Å². The highest BCUT2D eigenvalue weighted by molar-refractivity contribution is 7.00. The van der Waals surface area contributed by atoms with Gasteiger partial charge in [0, 0.05) is 38.4 Å². The van der Waals surface area contributed by atoms with E-state index in [0.29, 0.717) is 0 Å². The summed E-state index contributed by atoms with van der Waals surface area (Å²) in [7, 11) is 0. The summed E-state index contributed by atoms with van der Waals surface area (Å²) < 4.78 is 5.11. The van der Waals surface area contributed by atoms with Gasteiger partial charge >= 0.3 is 0 Å². The second kappa shape index (κ2) is 7.14. The summed E-state index contributed by atoms with van der Waals surface area (Å²) in [5, 5.41) is 5.38. The van der Waals surface area contributed by atoms with Crippen LogP contribution in [0.5, 0.6) is 0 Å². The first-order valence-electron chi connectivity index (χ1n) is 14.1. The molecule has 0 radical (unpaired) electrons. The fraction of sp³-hybridized carbons (Fsp3) is 0.0270. The van der Waals surface area contributed by atoms with Crippen LogP contribution in [0.1, 0.15) is 5.56 Å². The van der Waals surface area contributed by atoms with Gasteiger partial charge in [-0.05, 0) is 64.3 Å². The lowest BCUT2D eigenvalue weighted by Crippen LogP contribution is -2.59. The number of nitrogens with zero attached hydrogens (tertiary/aromatic N) is 2. The number of aryl methyl sites for hydroxylation is 1. The molecular weight excluding hydrogens is 483 g/mol.